The molecule has 0 bridgehead atoms. The zero-order valence-corrected chi connectivity index (χ0v) is 12.3. The lowest BCUT2D eigenvalue weighted by Crippen LogP contribution is -2.02. The molecule has 0 aliphatic carbocycles. The molecule has 1 heterocycles. The highest BCUT2D eigenvalue weighted by atomic mass is 32.2. The van der Waals surface area contributed by atoms with E-state index in [1.54, 1.807) is 0 Å². The molecule has 1 aliphatic rings. The van der Waals surface area contributed by atoms with E-state index in [-0.39, 0.29) is 0 Å². The van der Waals surface area contributed by atoms with Crippen molar-refractivity contribution in [3.63, 3.8) is 0 Å². The normalized spacial score (nSPS) is 19.0. The highest BCUT2D eigenvalue weighted by molar-refractivity contribution is 8.12. The summed E-state index contributed by atoms with van der Waals surface area (Å²) in [6, 6.07) is 0.647. The zero-order chi connectivity index (χ0) is 12.2. The quantitative estimate of drug-likeness (QED) is 0.448. The van der Waals surface area contributed by atoms with Crippen molar-refractivity contribution in [2.24, 2.45) is 4.99 Å². The summed E-state index contributed by atoms with van der Waals surface area (Å²) in [6.07, 6.45) is 15.7. The van der Waals surface area contributed by atoms with Crippen LogP contribution in [0.3, 0.4) is 0 Å². The summed E-state index contributed by atoms with van der Waals surface area (Å²) in [4.78, 5) is 4.45. The first kappa shape index (κ1) is 15.1. The first-order valence-electron chi connectivity index (χ1n) is 7.56. The van der Waals surface area contributed by atoms with E-state index < -0.39 is 0 Å². The van der Waals surface area contributed by atoms with Gasteiger partial charge in [0.2, 0.25) is 0 Å². The lowest BCUT2D eigenvalue weighted by Gasteiger charge is -2.05. The van der Waals surface area contributed by atoms with Crippen LogP contribution in [0.15, 0.2) is 4.99 Å². The fraction of sp³-hybridized carbons (Fsp3) is 0.933. The first-order chi connectivity index (χ1) is 8.43. The monoisotopic (exact) mass is 255 g/mol. The van der Waals surface area contributed by atoms with Crippen LogP contribution in [0, 0.1) is 0 Å². The number of hydrogen-bond acceptors (Lipinski definition) is 2. The molecule has 1 aliphatic heterocycles. The standard InChI is InChI=1S/C15H29NS/c1-2-3-4-5-6-7-8-9-10-11-12-15-13-17-14-16-15/h14-15H,2-13H2,1H3. The number of hydrogen-bond donors (Lipinski definition) is 0. The van der Waals surface area contributed by atoms with E-state index in [1.807, 2.05) is 17.3 Å². The molecule has 1 nitrogen and oxygen atoms in total. The summed E-state index contributed by atoms with van der Waals surface area (Å²) in [5, 5.41) is 0. The van der Waals surface area contributed by atoms with E-state index in [0.717, 1.165) is 0 Å². The van der Waals surface area contributed by atoms with Gasteiger partial charge in [0.05, 0.1) is 11.6 Å². The molecule has 1 atom stereocenters. The smallest absolute Gasteiger partial charge is 0.0600 e. The molecule has 0 spiro atoms. The van der Waals surface area contributed by atoms with Crippen molar-refractivity contribution < 1.29 is 0 Å². The molecule has 0 saturated heterocycles. The summed E-state index contributed by atoms with van der Waals surface area (Å²) in [6.45, 7) is 2.28. The van der Waals surface area contributed by atoms with Gasteiger partial charge in [0.25, 0.3) is 0 Å². The predicted octanol–water partition coefficient (Wildman–Crippen LogP) is 5.44. The van der Waals surface area contributed by atoms with Crippen molar-refractivity contribution in [3.8, 4) is 0 Å². The van der Waals surface area contributed by atoms with Crippen LogP contribution in [0.25, 0.3) is 0 Å². The Morgan fingerprint density at radius 3 is 2.06 bits per heavy atom. The van der Waals surface area contributed by atoms with Crippen LogP contribution in [0.4, 0.5) is 0 Å². The van der Waals surface area contributed by atoms with Gasteiger partial charge < -0.3 is 0 Å². The molecule has 0 amide bonds. The van der Waals surface area contributed by atoms with Crippen LogP contribution < -0.4 is 0 Å². The number of rotatable bonds is 11. The van der Waals surface area contributed by atoms with E-state index in [4.69, 9.17) is 0 Å². The van der Waals surface area contributed by atoms with E-state index in [0.29, 0.717) is 6.04 Å². The van der Waals surface area contributed by atoms with Crippen molar-refractivity contribution in [2.75, 3.05) is 5.75 Å². The van der Waals surface area contributed by atoms with Crippen LogP contribution in [0.2, 0.25) is 0 Å². The summed E-state index contributed by atoms with van der Waals surface area (Å²) < 4.78 is 0. The summed E-state index contributed by atoms with van der Waals surface area (Å²) in [7, 11) is 0. The van der Waals surface area contributed by atoms with E-state index in [1.165, 1.54) is 76.4 Å². The second kappa shape index (κ2) is 11.1. The summed E-state index contributed by atoms with van der Waals surface area (Å²) in [5.41, 5.74) is 2.03. The van der Waals surface area contributed by atoms with Gasteiger partial charge in [-0.1, -0.05) is 71.1 Å². The Bertz CT molecular complexity index is 191. The fourth-order valence-electron chi connectivity index (χ4n) is 2.35. The Hall–Kier alpha value is 0.0200. The molecule has 0 saturated carbocycles. The maximum Gasteiger partial charge on any atom is 0.0600 e. The number of nitrogens with zero attached hydrogens (tertiary/aromatic N) is 1. The first-order valence-corrected chi connectivity index (χ1v) is 8.61. The lowest BCUT2D eigenvalue weighted by atomic mass is 10.0. The van der Waals surface area contributed by atoms with E-state index in [9.17, 15) is 0 Å². The largest absolute Gasteiger partial charge is 0.282 e. The Kier molecular flexibility index (Phi) is 9.87. The average molecular weight is 255 g/mol. The van der Waals surface area contributed by atoms with Crippen LogP contribution in [-0.4, -0.2) is 17.3 Å². The Labute approximate surface area is 112 Å². The van der Waals surface area contributed by atoms with Crippen molar-refractivity contribution in [1.82, 2.24) is 0 Å². The molecule has 100 valence electrons. The fourth-order valence-corrected chi connectivity index (χ4v) is 3.17. The Morgan fingerprint density at radius 1 is 0.941 bits per heavy atom. The SMILES string of the molecule is CCCCCCCCCCCCC1CSC=N1. The number of unbranched alkanes of at least 4 members (excludes halogenated alkanes) is 9. The van der Waals surface area contributed by atoms with Crippen molar-refractivity contribution in [2.45, 2.75) is 83.6 Å². The van der Waals surface area contributed by atoms with Gasteiger partial charge in [-0.3, -0.25) is 4.99 Å². The third-order valence-corrected chi connectivity index (χ3v) is 4.37. The molecule has 17 heavy (non-hydrogen) atoms. The zero-order valence-electron chi connectivity index (χ0n) is 11.5. The maximum absolute atomic E-state index is 4.45. The minimum atomic E-state index is 0.647. The van der Waals surface area contributed by atoms with Gasteiger partial charge in [-0.05, 0) is 6.42 Å². The van der Waals surface area contributed by atoms with Gasteiger partial charge in [-0.25, -0.2) is 0 Å². The third-order valence-electron chi connectivity index (χ3n) is 3.53. The van der Waals surface area contributed by atoms with Crippen LogP contribution in [0.1, 0.15) is 77.6 Å². The second-order valence-corrected chi connectivity index (χ2v) is 6.09. The molecular weight excluding hydrogens is 226 g/mol. The molecule has 0 radical (unpaired) electrons. The second-order valence-electron chi connectivity index (χ2n) is 5.21. The van der Waals surface area contributed by atoms with Gasteiger partial charge in [-0.15, -0.1) is 11.8 Å². The molecule has 0 aromatic rings. The average Bonchev–Trinajstić information content (AvgIpc) is 2.85. The highest BCUT2D eigenvalue weighted by Crippen LogP contribution is 2.18. The number of aliphatic imine (C=N–C) groups is 1. The predicted molar refractivity (Wildman–Crippen MR) is 81.2 cm³/mol. The van der Waals surface area contributed by atoms with Crippen LogP contribution in [0.5, 0.6) is 0 Å². The molecule has 0 aromatic heterocycles. The van der Waals surface area contributed by atoms with Crippen LogP contribution >= 0.6 is 11.8 Å². The Balaban J connectivity index is 1.71. The van der Waals surface area contributed by atoms with Gasteiger partial charge in [0.1, 0.15) is 0 Å². The molecular formula is C15H29NS. The van der Waals surface area contributed by atoms with Crippen molar-refractivity contribution in [1.29, 1.82) is 0 Å². The topological polar surface area (TPSA) is 12.4 Å². The molecule has 0 aromatic carbocycles. The minimum Gasteiger partial charge on any atom is -0.282 e. The summed E-state index contributed by atoms with van der Waals surface area (Å²) in [5.74, 6) is 1.23. The van der Waals surface area contributed by atoms with E-state index >= 15 is 0 Å². The highest BCUT2D eigenvalue weighted by Gasteiger charge is 2.09. The molecule has 1 unspecified atom stereocenters. The lowest BCUT2D eigenvalue weighted by molar-refractivity contribution is 0.537. The van der Waals surface area contributed by atoms with Gasteiger partial charge in [-0.2, -0.15) is 0 Å². The maximum atomic E-state index is 4.45. The molecule has 2 heteroatoms. The van der Waals surface area contributed by atoms with Gasteiger partial charge >= 0.3 is 0 Å². The summed E-state index contributed by atoms with van der Waals surface area (Å²) >= 11 is 1.87. The van der Waals surface area contributed by atoms with Crippen molar-refractivity contribution >= 4 is 17.3 Å². The Morgan fingerprint density at radius 2 is 1.53 bits per heavy atom. The molecule has 1 rings (SSSR count). The third kappa shape index (κ3) is 8.70. The molecule has 0 fully saturated rings. The van der Waals surface area contributed by atoms with Gasteiger partial charge in [0, 0.05) is 5.75 Å². The molecule has 0 N–H and O–H groups in total. The minimum absolute atomic E-state index is 0.647. The van der Waals surface area contributed by atoms with E-state index in [2.05, 4.69) is 11.9 Å². The van der Waals surface area contributed by atoms with Crippen molar-refractivity contribution in [3.05, 3.63) is 0 Å². The number of thioether (sulfide) groups is 1. The van der Waals surface area contributed by atoms with Gasteiger partial charge in [0.15, 0.2) is 0 Å². The van der Waals surface area contributed by atoms with Crippen LogP contribution in [-0.2, 0) is 0 Å².